The van der Waals surface area contributed by atoms with E-state index in [0.717, 1.165) is 0 Å². The summed E-state index contributed by atoms with van der Waals surface area (Å²) >= 11 is 6.29. The predicted molar refractivity (Wildman–Crippen MR) is 77.0 cm³/mol. The number of hydrogen-bond acceptors (Lipinski definition) is 5. The number of benzene rings is 1. The van der Waals surface area contributed by atoms with E-state index in [1.165, 1.54) is 12.1 Å². The zero-order chi connectivity index (χ0) is 15.3. The van der Waals surface area contributed by atoms with Crippen LogP contribution in [0.15, 0.2) is 21.1 Å². The van der Waals surface area contributed by atoms with Gasteiger partial charge in [-0.15, -0.1) is 0 Å². The number of nitro benzene ring substituents is 1. The van der Waals surface area contributed by atoms with E-state index >= 15 is 0 Å². The minimum atomic E-state index is -1.14. The first-order valence-corrected chi connectivity index (χ1v) is 7.06. The molecule has 1 aromatic rings. The van der Waals surface area contributed by atoms with E-state index in [2.05, 4.69) is 31.9 Å². The average Bonchev–Trinajstić information content (AvgIpc) is 2.35. The highest BCUT2D eigenvalue weighted by Crippen LogP contribution is 2.37. The number of hydrogen-bond donors (Lipinski definition) is 1. The Labute approximate surface area is 131 Å². The summed E-state index contributed by atoms with van der Waals surface area (Å²) in [5, 5.41) is 19.6. The van der Waals surface area contributed by atoms with Gasteiger partial charge in [-0.3, -0.25) is 10.1 Å². The number of aliphatic carboxylic acids is 1. The van der Waals surface area contributed by atoms with Crippen molar-refractivity contribution >= 4 is 43.5 Å². The molecule has 0 aromatic heterocycles. The second kappa shape index (κ2) is 7.55. The van der Waals surface area contributed by atoms with Crippen molar-refractivity contribution in [2.45, 2.75) is 13.0 Å². The van der Waals surface area contributed by atoms with Crippen LogP contribution in [0.1, 0.15) is 6.92 Å². The van der Waals surface area contributed by atoms with Crippen LogP contribution in [-0.2, 0) is 9.53 Å². The van der Waals surface area contributed by atoms with E-state index in [9.17, 15) is 14.9 Å². The number of ether oxygens (including phenoxy) is 2. The number of nitro groups is 1. The smallest absolute Gasteiger partial charge is 0.336 e. The van der Waals surface area contributed by atoms with Crippen LogP contribution >= 0.6 is 31.9 Å². The molecule has 0 aliphatic heterocycles. The molecule has 0 saturated carbocycles. The summed E-state index contributed by atoms with van der Waals surface area (Å²) in [4.78, 5) is 21.0. The molecule has 0 bridgehead atoms. The lowest BCUT2D eigenvalue weighted by atomic mass is 10.3. The largest absolute Gasteiger partial charge is 0.488 e. The minimum absolute atomic E-state index is 0.115. The zero-order valence-corrected chi connectivity index (χ0v) is 13.5. The summed E-state index contributed by atoms with van der Waals surface area (Å²) in [6.45, 7) is 1.70. The molecule has 110 valence electrons. The average molecular weight is 413 g/mol. The first-order valence-electron chi connectivity index (χ1n) is 5.47. The molecular weight excluding hydrogens is 402 g/mol. The number of carboxylic acid groups (broad SMARTS) is 1. The molecule has 20 heavy (non-hydrogen) atoms. The predicted octanol–water partition coefficient (Wildman–Crippen LogP) is 2.99. The number of halogens is 2. The normalized spacial score (nSPS) is 11.9. The Kier molecular flexibility index (Phi) is 6.37. The number of nitrogens with zero attached hydrogens (tertiary/aromatic N) is 1. The lowest BCUT2D eigenvalue weighted by Crippen LogP contribution is -2.30. The third-order valence-corrected chi connectivity index (χ3v) is 3.39. The molecule has 0 heterocycles. The molecular formula is C11H11Br2NO6. The Morgan fingerprint density at radius 2 is 2.00 bits per heavy atom. The lowest BCUT2D eigenvalue weighted by molar-refractivity contribution is -0.385. The van der Waals surface area contributed by atoms with Crippen LogP contribution < -0.4 is 4.74 Å². The number of carboxylic acids is 1. The van der Waals surface area contributed by atoms with Crippen molar-refractivity contribution in [1.29, 1.82) is 0 Å². The van der Waals surface area contributed by atoms with Gasteiger partial charge in [0.2, 0.25) is 0 Å². The minimum Gasteiger partial charge on any atom is -0.488 e. The number of rotatable bonds is 7. The van der Waals surface area contributed by atoms with E-state index in [1.54, 1.807) is 6.92 Å². The Bertz CT molecular complexity index is 499. The molecule has 0 spiro atoms. The van der Waals surface area contributed by atoms with Gasteiger partial charge in [-0.2, -0.15) is 0 Å². The molecule has 0 fully saturated rings. The Morgan fingerprint density at radius 1 is 1.45 bits per heavy atom. The second-order valence-corrected chi connectivity index (χ2v) is 5.30. The zero-order valence-electron chi connectivity index (χ0n) is 10.3. The molecule has 0 saturated heterocycles. The van der Waals surface area contributed by atoms with Gasteiger partial charge in [0.25, 0.3) is 5.69 Å². The van der Waals surface area contributed by atoms with Crippen molar-refractivity contribution in [3.05, 3.63) is 31.2 Å². The molecule has 1 N–H and O–H groups in total. The van der Waals surface area contributed by atoms with Crippen LogP contribution in [-0.4, -0.2) is 35.3 Å². The van der Waals surface area contributed by atoms with Crippen molar-refractivity contribution in [2.24, 2.45) is 0 Å². The van der Waals surface area contributed by atoms with Gasteiger partial charge in [-0.25, -0.2) is 4.79 Å². The summed E-state index contributed by atoms with van der Waals surface area (Å²) in [6.07, 6.45) is -1.10. The van der Waals surface area contributed by atoms with E-state index in [1.807, 2.05) is 0 Å². The summed E-state index contributed by atoms with van der Waals surface area (Å²) < 4.78 is 11.1. The molecule has 1 rings (SSSR count). The second-order valence-electron chi connectivity index (χ2n) is 3.59. The monoisotopic (exact) mass is 411 g/mol. The third-order valence-electron chi connectivity index (χ3n) is 2.22. The van der Waals surface area contributed by atoms with Gasteiger partial charge in [0.1, 0.15) is 12.4 Å². The maximum absolute atomic E-state index is 10.9. The first kappa shape index (κ1) is 16.9. The van der Waals surface area contributed by atoms with Crippen molar-refractivity contribution in [3.8, 4) is 5.75 Å². The van der Waals surface area contributed by atoms with Crippen LogP contribution in [0, 0.1) is 10.1 Å². The summed E-state index contributed by atoms with van der Waals surface area (Å²) in [5.41, 5.74) is -0.115. The highest BCUT2D eigenvalue weighted by molar-refractivity contribution is 9.11. The van der Waals surface area contributed by atoms with Crippen LogP contribution in [0.3, 0.4) is 0 Å². The summed E-state index contributed by atoms with van der Waals surface area (Å²) in [6, 6.07) is 2.55. The van der Waals surface area contributed by atoms with E-state index < -0.39 is 17.0 Å². The maximum atomic E-state index is 10.9. The highest BCUT2D eigenvalue weighted by Gasteiger charge is 2.21. The van der Waals surface area contributed by atoms with E-state index in [4.69, 9.17) is 14.6 Å². The maximum Gasteiger partial charge on any atom is 0.336 e. The van der Waals surface area contributed by atoms with Gasteiger partial charge < -0.3 is 14.6 Å². The van der Waals surface area contributed by atoms with Gasteiger partial charge in [0, 0.05) is 18.7 Å². The summed E-state index contributed by atoms with van der Waals surface area (Å²) in [5.74, 6) is -0.859. The Hall–Kier alpha value is -1.19. The van der Waals surface area contributed by atoms with E-state index in [0.29, 0.717) is 8.95 Å². The van der Waals surface area contributed by atoms with Gasteiger partial charge in [-0.05, 0) is 38.8 Å². The summed E-state index contributed by atoms with van der Waals surface area (Å²) in [7, 11) is 0. The standard InChI is InChI=1S/C11H11Br2NO6/c1-2-19-9(11(15)16)5-20-10-7(12)3-6(14(17)18)4-8(10)13/h3-4,9H,2,5H2,1H3,(H,15,16). The molecule has 1 unspecified atom stereocenters. The van der Waals surface area contributed by atoms with Crippen molar-refractivity contribution in [1.82, 2.24) is 0 Å². The van der Waals surface area contributed by atoms with Gasteiger partial charge >= 0.3 is 5.97 Å². The van der Waals surface area contributed by atoms with Gasteiger partial charge in [0.05, 0.1) is 13.9 Å². The number of carbonyl (C=O) groups is 1. The first-order chi connectivity index (χ1) is 9.36. The van der Waals surface area contributed by atoms with Crippen LogP contribution in [0.25, 0.3) is 0 Å². The van der Waals surface area contributed by atoms with Gasteiger partial charge in [0.15, 0.2) is 6.10 Å². The molecule has 1 atom stereocenters. The number of non-ortho nitro benzene ring substituents is 1. The molecule has 9 heteroatoms. The molecule has 0 radical (unpaired) electrons. The third kappa shape index (κ3) is 4.43. The fraction of sp³-hybridized carbons (Fsp3) is 0.364. The Balaban J connectivity index is 2.87. The molecule has 1 aromatic carbocycles. The van der Waals surface area contributed by atoms with Crippen molar-refractivity contribution < 1.29 is 24.3 Å². The SMILES string of the molecule is CCOC(COc1c(Br)cc([N+](=O)[O-])cc1Br)C(=O)O. The quantitative estimate of drug-likeness (QED) is 0.545. The fourth-order valence-corrected chi connectivity index (χ4v) is 2.73. The molecule has 7 nitrogen and oxygen atoms in total. The molecule has 0 amide bonds. The topological polar surface area (TPSA) is 98.9 Å². The van der Waals surface area contributed by atoms with Gasteiger partial charge in [-0.1, -0.05) is 0 Å². The van der Waals surface area contributed by atoms with Crippen LogP contribution in [0.5, 0.6) is 5.75 Å². The molecule has 0 aliphatic rings. The van der Waals surface area contributed by atoms with Crippen LogP contribution in [0.4, 0.5) is 5.69 Å². The molecule has 0 aliphatic carbocycles. The van der Waals surface area contributed by atoms with Crippen molar-refractivity contribution in [2.75, 3.05) is 13.2 Å². The lowest BCUT2D eigenvalue weighted by Gasteiger charge is -2.15. The fourth-order valence-electron chi connectivity index (χ4n) is 1.34. The van der Waals surface area contributed by atoms with Crippen molar-refractivity contribution in [3.63, 3.8) is 0 Å². The highest BCUT2D eigenvalue weighted by atomic mass is 79.9. The van der Waals surface area contributed by atoms with Crippen LogP contribution in [0.2, 0.25) is 0 Å². The van der Waals surface area contributed by atoms with E-state index in [-0.39, 0.29) is 24.7 Å². The Morgan fingerprint density at radius 3 is 2.40 bits per heavy atom.